The fraction of sp³-hybridized carbons (Fsp3) is 0.286. The van der Waals surface area contributed by atoms with E-state index < -0.39 is 18.5 Å². The number of hydrogen-bond donors (Lipinski definition) is 0. The van der Waals surface area contributed by atoms with Crippen LogP contribution >= 0.6 is 11.3 Å². The van der Waals surface area contributed by atoms with E-state index in [9.17, 15) is 14.4 Å². The van der Waals surface area contributed by atoms with Crippen LogP contribution in [0.25, 0.3) is 10.2 Å². The Balaban J connectivity index is 1.54. The number of carbonyl (C=O) groups excluding carboxylic acids is 2. The third-order valence-corrected chi connectivity index (χ3v) is 6.19. The number of nitriles is 1. The molecule has 1 aliphatic heterocycles. The fourth-order valence-electron chi connectivity index (χ4n) is 3.54. The second kappa shape index (κ2) is 8.08. The van der Waals surface area contributed by atoms with Crippen molar-refractivity contribution in [2.75, 3.05) is 18.1 Å². The Morgan fingerprint density at radius 1 is 1.33 bits per heavy atom. The van der Waals surface area contributed by atoms with E-state index in [0.717, 1.165) is 30.0 Å². The molecule has 0 aliphatic carbocycles. The van der Waals surface area contributed by atoms with E-state index in [-0.39, 0.29) is 17.0 Å². The summed E-state index contributed by atoms with van der Waals surface area (Å²) in [4.78, 5) is 44.5. The molecule has 4 rings (SSSR count). The van der Waals surface area contributed by atoms with Crippen molar-refractivity contribution in [3.05, 3.63) is 57.0 Å². The second-order valence-corrected chi connectivity index (χ2v) is 7.87. The van der Waals surface area contributed by atoms with Gasteiger partial charge in [0.1, 0.15) is 22.1 Å². The zero-order valence-corrected chi connectivity index (χ0v) is 17.1. The Morgan fingerprint density at radius 3 is 2.83 bits per heavy atom. The van der Waals surface area contributed by atoms with Gasteiger partial charge >= 0.3 is 5.97 Å². The number of rotatable bonds is 5. The Kier molecular flexibility index (Phi) is 5.33. The zero-order chi connectivity index (χ0) is 21.3. The molecule has 0 atom stereocenters. The Bertz CT molecular complexity index is 1240. The Labute approximate surface area is 175 Å². The summed E-state index contributed by atoms with van der Waals surface area (Å²) >= 11 is 1.10. The summed E-state index contributed by atoms with van der Waals surface area (Å²) < 4.78 is 6.88. The van der Waals surface area contributed by atoms with E-state index in [1.54, 1.807) is 41.8 Å². The summed E-state index contributed by atoms with van der Waals surface area (Å²) in [6, 6.07) is 10.6. The first-order chi connectivity index (χ1) is 14.5. The van der Waals surface area contributed by atoms with Gasteiger partial charge in [0.15, 0.2) is 6.61 Å². The number of thiophene rings is 1. The van der Waals surface area contributed by atoms with Crippen LogP contribution in [-0.4, -0.2) is 34.6 Å². The number of nitrogens with zero attached hydrogens (tertiary/aromatic N) is 4. The molecule has 152 valence electrons. The maximum Gasteiger partial charge on any atom is 0.349 e. The number of esters is 1. The van der Waals surface area contributed by atoms with Gasteiger partial charge in [0.2, 0.25) is 0 Å². The van der Waals surface area contributed by atoms with E-state index in [0.29, 0.717) is 28.0 Å². The number of carbonyl (C=O) groups is 2. The predicted octanol–water partition coefficient (Wildman–Crippen LogP) is 2.43. The van der Waals surface area contributed by atoms with Crippen molar-refractivity contribution in [2.24, 2.45) is 0 Å². The largest absolute Gasteiger partial charge is 0.451 e. The summed E-state index contributed by atoms with van der Waals surface area (Å²) in [7, 11) is 0. The summed E-state index contributed by atoms with van der Waals surface area (Å²) in [5.41, 5.74) is 0.926. The van der Waals surface area contributed by atoms with Gasteiger partial charge in [0.05, 0.1) is 11.5 Å². The van der Waals surface area contributed by atoms with E-state index in [2.05, 4.69) is 4.98 Å². The molecule has 8 nitrogen and oxygen atoms in total. The van der Waals surface area contributed by atoms with E-state index >= 15 is 0 Å². The third kappa shape index (κ3) is 3.46. The zero-order valence-electron chi connectivity index (χ0n) is 16.3. The van der Waals surface area contributed by atoms with Crippen LogP contribution in [0, 0.1) is 18.3 Å². The lowest BCUT2D eigenvalue weighted by Gasteiger charge is -2.19. The summed E-state index contributed by atoms with van der Waals surface area (Å²) in [6.07, 6.45) is 1.63. The van der Waals surface area contributed by atoms with Crippen molar-refractivity contribution >= 4 is 39.1 Å². The number of amides is 1. The number of anilines is 1. The molecule has 1 aliphatic rings. The molecule has 0 saturated heterocycles. The van der Waals surface area contributed by atoms with Gasteiger partial charge in [-0.25, -0.2) is 9.78 Å². The SMILES string of the molecule is Cc1c(C(=O)OCC(=O)N(CC#N)c2ccccc2)sc2nc3n(c(=O)c12)CCC3. The molecule has 0 bridgehead atoms. The minimum Gasteiger partial charge on any atom is -0.451 e. The number of fused-ring (bicyclic) bond motifs is 2. The molecule has 2 aromatic heterocycles. The highest BCUT2D eigenvalue weighted by Crippen LogP contribution is 2.29. The van der Waals surface area contributed by atoms with Crippen LogP contribution in [0.1, 0.15) is 27.5 Å². The smallest absolute Gasteiger partial charge is 0.349 e. The maximum absolute atomic E-state index is 12.7. The van der Waals surface area contributed by atoms with Crippen LogP contribution in [0.4, 0.5) is 5.69 Å². The average molecular weight is 422 g/mol. The molecule has 0 radical (unpaired) electrons. The van der Waals surface area contributed by atoms with Gasteiger partial charge in [-0.15, -0.1) is 11.3 Å². The lowest BCUT2D eigenvalue weighted by atomic mass is 10.2. The molecule has 0 N–H and O–H groups in total. The van der Waals surface area contributed by atoms with Crippen molar-refractivity contribution in [1.29, 1.82) is 5.26 Å². The normalized spacial score (nSPS) is 12.4. The van der Waals surface area contributed by atoms with Gasteiger partial charge in [-0.2, -0.15) is 5.26 Å². The van der Waals surface area contributed by atoms with E-state index in [1.165, 1.54) is 4.90 Å². The Morgan fingerprint density at radius 2 is 2.10 bits per heavy atom. The number of para-hydroxylation sites is 1. The van der Waals surface area contributed by atoms with Crippen molar-refractivity contribution in [3.8, 4) is 6.07 Å². The van der Waals surface area contributed by atoms with Gasteiger partial charge in [-0.3, -0.25) is 19.1 Å². The van der Waals surface area contributed by atoms with Crippen molar-refractivity contribution < 1.29 is 14.3 Å². The lowest BCUT2D eigenvalue weighted by molar-refractivity contribution is -0.121. The quantitative estimate of drug-likeness (QED) is 0.462. The molecular weight excluding hydrogens is 404 g/mol. The van der Waals surface area contributed by atoms with E-state index in [1.807, 2.05) is 6.07 Å². The van der Waals surface area contributed by atoms with E-state index in [4.69, 9.17) is 10.00 Å². The molecule has 3 aromatic rings. The first-order valence-electron chi connectivity index (χ1n) is 9.43. The first-order valence-corrected chi connectivity index (χ1v) is 10.2. The molecule has 30 heavy (non-hydrogen) atoms. The monoisotopic (exact) mass is 422 g/mol. The van der Waals surface area contributed by atoms with Gasteiger partial charge in [-0.1, -0.05) is 18.2 Å². The number of ether oxygens (including phenoxy) is 1. The summed E-state index contributed by atoms with van der Waals surface area (Å²) in [5.74, 6) is -0.454. The molecular formula is C21H18N4O4S. The minimum absolute atomic E-state index is 0.138. The van der Waals surface area contributed by atoms with Crippen LogP contribution in [-0.2, 0) is 22.5 Å². The topological polar surface area (TPSA) is 105 Å². The standard InChI is InChI=1S/C21H18N4O4S/c1-13-17-19(23-15-8-5-10-25(15)20(17)27)30-18(13)21(28)29-12-16(26)24(11-9-22)14-6-3-2-4-7-14/h2-4,6-7H,5,8,10-12H2,1H3. The third-order valence-electron chi connectivity index (χ3n) is 5.02. The first kappa shape index (κ1) is 19.8. The van der Waals surface area contributed by atoms with Crippen molar-refractivity contribution in [1.82, 2.24) is 9.55 Å². The van der Waals surface area contributed by atoms with Crippen molar-refractivity contribution in [2.45, 2.75) is 26.3 Å². The molecule has 0 saturated carbocycles. The number of aryl methyl sites for hydroxylation is 2. The molecule has 0 unspecified atom stereocenters. The van der Waals surface area contributed by atoms with Crippen LogP contribution < -0.4 is 10.5 Å². The lowest BCUT2D eigenvalue weighted by Crippen LogP contribution is -2.35. The highest BCUT2D eigenvalue weighted by atomic mass is 32.1. The molecule has 1 amide bonds. The number of hydrogen-bond acceptors (Lipinski definition) is 7. The highest BCUT2D eigenvalue weighted by Gasteiger charge is 2.25. The maximum atomic E-state index is 12.7. The number of benzene rings is 1. The van der Waals surface area contributed by atoms with Gasteiger partial charge in [0.25, 0.3) is 11.5 Å². The molecule has 0 spiro atoms. The number of aromatic nitrogens is 2. The fourth-order valence-corrected chi connectivity index (χ4v) is 4.63. The highest BCUT2D eigenvalue weighted by molar-refractivity contribution is 7.20. The van der Waals surface area contributed by atoms with Crippen LogP contribution in [0.2, 0.25) is 0 Å². The summed E-state index contributed by atoms with van der Waals surface area (Å²) in [6.45, 7) is 1.66. The molecule has 1 aromatic carbocycles. The average Bonchev–Trinajstić information content (AvgIpc) is 3.35. The predicted molar refractivity (Wildman–Crippen MR) is 112 cm³/mol. The second-order valence-electron chi connectivity index (χ2n) is 6.87. The minimum atomic E-state index is -0.682. The van der Waals surface area contributed by atoms with Crippen LogP contribution in [0.3, 0.4) is 0 Å². The van der Waals surface area contributed by atoms with Crippen molar-refractivity contribution in [3.63, 3.8) is 0 Å². The molecule has 3 heterocycles. The molecule has 0 fully saturated rings. The van der Waals surface area contributed by atoms with Crippen LogP contribution in [0.15, 0.2) is 35.1 Å². The Hall–Kier alpha value is -3.51. The molecule has 9 heteroatoms. The van der Waals surface area contributed by atoms with Gasteiger partial charge in [-0.05, 0) is 31.0 Å². The van der Waals surface area contributed by atoms with Gasteiger partial charge < -0.3 is 4.74 Å². The van der Waals surface area contributed by atoms with Crippen LogP contribution in [0.5, 0.6) is 0 Å². The van der Waals surface area contributed by atoms with Gasteiger partial charge in [0, 0.05) is 18.7 Å². The summed E-state index contributed by atoms with van der Waals surface area (Å²) in [5, 5.41) is 9.46.